The Kier molecular flexibility index (Phi) is 4.46. The van der Waals surface area contributed by atoms with Crippen LogP contribution in [0.1, 0.15) is 25.7 Å². The third kappa shape index (κ3) is 3.40. The Balaban J connectivity index is 1.49. The fraction of sp³-hybridized carbons (Fsp3) is 0.529. The Morgan fingerprint density at radius 1 is 1.32 bits per heavy atom. The molecule has 1 saturated carbocycles. The molecule has 1 aliphatic carbocycles. The van der Waals surface area contributed by atoms with Crippen molar-refractivity contribution < 1.29 is 9.66 Å². The number of rotatable bonds is 4. The van der Waals surface area contributed by atoms with Crippen LogP contribution >= 0.6 is 0 Å². The highest BCUT2D eigenvalue weighted by atomic mass is 16.6. The Morgan fingerprint density at radius 3 is 3.08 bits per heavy atom. The van der Waals surface area contributed by atoms with Crippen LogP contribution in [0, 0.1) is 10.1 Å². The number of nitrogens with zero attached hydrogens (tertiary/aromatic N) is 5. The number of morpholine rings is 1. The molecule has 0 bridgehead atoms. The fourth-order valence-electron chi connectivity index (χ4n) is 3.79. The zero-order valence-electron chi connectivity index (χ0n) is 14.0. The van der Waals surface area contributed by atoms with E-state index in [9.17, 15) is 10.1 Å². The third-order valence-electron chi connectivity index (χ3n) is 5.03. The van der Waals surface area contributed by atoms with Crippen LogP contribution in [0.4, 0.5) is 5.69 Å². The van der Waals surface area contributed by atoms with Gasteiger partial charge in [-0.3, -0.25) is 15.0 Å². The SMILES string of the molecule is O=[N+]([O-])c1cccc(-c2ncn(CN3CCO[C@@H]4CCCC[C@@H]43)n2)c1. The second-order valence-electron chi connectivity index (χ2n) is 6.63. The van der Waals surface area contributed by atoms with E-state index in [1.165, 1.54) is 25.0 Å². The summed E-state index contributed by atoms with van der Waals surface area (Å²) in [4.78, 5) is 17.3. The van der Waals surface area contributed by atoms with E-state index in [1.54, 1.807) is 18.5 Å². The second-order valence-corrected chi connectivity index (χ2v) is 6.63. The van der Waals surface area contributed by atoms with Gasteiger partial charge >= 0.3 is 0 Å². The molecule has 0 unspecified atom stereocenters. The molecule has 1 aliphatic heterocycles. The quantitative estimate of drug-likeness (QED) is 0.626. The first kappa shape index (κ1) is 16.2. The van der Waals surface area contributed by atoms with E-state index < -0.39 is 4.92 Å². The molecule has 4 rings (SSSR count). The normalized spacial score (nSPS) is 24.0. The molecule has 0 N–H and O–H groups in total. The van der Waals surface area contributed by atoms with Gasteiger partial charge in [-0.15, -0.1) is 5.10 Å². The largest absolute Gasteiger partial charge is 0.375 e. The zero-order chi connectivity index (χ0) is 17.2. The molecule has 25 heavy (non-hydrogen) atoms. The van der Waals surface area contributed by atoms with Crippen molar-refractivity contribution in [2.45, 2.75) is 44.5 Å². The average Bonchev–Trinajstić information content (AvgIpc) is 3.11. The second kappa shape index (κ2) is 6.89. The molecule has 8 nitrogen and oxygen atoms in total. The van der Waals surface area contributed by atoms with Crippen molar-refractivity contribution in [3.05, 3.63) is 40.7 Å². The molecule has 8 heteroatoms. The average molecular weight is 343 g/mol. The predicted octanol–water partition coefficient (Wildman–Crippen LogP) is 2.45. The molecule has 1 aromatic carbocycles. The Morgan fingerprint density at radius 2 is 2.20 bits per heavy atom. The van der Waals surface area contributed by atoms with Crippen LogP contribution in [0.2, 0.25) is 0 Å². The molecule has 132 valence electrons. The molecule has 2 heterocycles. The molecule has 2 aromatic rings. The van der Waals surface area contributed by atoms with Crippen LogP contribution in [0.15, 0.2) is 30.6 Å². The predicted molar refractivity (Wildman–Crippen MR) is 90.8 cm³/mol. The lowest BCUT2D eigenvalue weighted by molar-refractivity contribution is -0.384. The molecule has 2 aliphatic rings. The number of fused-ring (bicyclic) bond motifs is 1. The molecule has 1 saturated heterocycles. The van der Waals surface area contributed by atoms with Crippen LogP contribution in [-0.4, -0.2) is 49.9 Å². The van der Waals surface area contributed by atoms with E-state index in [4.69, 9.17) is 4.74 Å². The maximum atomic E-state index is 10.9. The highest BCUT2D eigenvalue weighted by Crippen LogP contribution is 2.28. The lowest BCUT2D eigenvalue weighted by atomic mass is 9.90. The molecule has 0 amide bonds. The van der Waals surface area contributed by atoms with Gasteiger partial charge in [0.2, 0.25) is 0 Å². The van der Waals surface area contributed by atoms with Crippen LogP contribution in [0.5, 0.6) is 0 Å². The van der Waals surface area contributed by atoms with Crippen molar-refractivity contribution in [3.8, 4) is 11.4 Å². The minimum Gasteiger partial charge on any atom is -0.375 e. The number of aromatic nitrogens is 3. The van der Waals surface area contributed by atoms with Crippen molar-refractivity contribution in [1.82, 2.24) is 19.7 Å². The minimum atomic E-state index is -0.405. The van der Waals surface area contributed by atoms with Crippen molar-refractivity contribution in [2.75, 3.05) is 13.2 Å². The number of ether oxygens (including phenoxy) is 1. The first-order valence-corrected chi connectivity index (χ1v) is 8.70. The molecule has 0 spiro atoms. The first-order chi connectivity index (χ1) is 12.2. The van der Waals surface area contributed by atoms with E-state index in [0.29, 0.717) is 30.2 Å². The van der Waals surface area contributed by atoms with Gasteiger partial charge in [-0.05, 0) is 12.8 Å². The van der Waals surface area contributed by atoms with Crippen LogP contribution < -0.4 is 0 Å². The number of hydrogen-bond donors (Lipinski definition) is 0. The highest BCUT2D eigenvalue weighted by Gasteiger charge is 2.34. The van der Waals surface area contributed by atoms with Crippen molar-refractivity contribution in [1.29, 1.82) is 0 Å². The lowest BCUT2D eigenvalue weighted by Gasteiger charge is -2.43. The molecule has 2 atom stereocenters. The number of benzene rings is 1. The molecule has 2 fully saturated rings. The summed E-state index contributed by atoms with van der Waals surface area (Å²) in [6, 6.07) is 6.87. The van der Waals surface area contributed by atoms with Gasteiger partial charge in [-0.25, -0.2) is 9.67 Å². The molecular weight excluding hydrogens is 322 g/mol. The summed E-state index contributed by atoms with van der Waals surface area (Å²) in [7, 11) is 0. The van der Waals surface area contributed by atoms with Crippen molar-refractivity contribution in [3.63, 3.8) is 0 Å². The molecule has 1 aromatic heterocycles. The zero-order valence-corrected chi connectivity index (χ0v) is 14.0. The summed E-state index contributed by atoms with van der Waals surface area (Å²) in [5.41, 5.74) is 0.706. The van der Waals surface area contributed by atoms with E-state index in [0.717, 1.165) is 26.0 Å². The first-order valence-electron chi connectivity index (χ1n) is 8.70. The maximum Gasteiger partial charge on any atom is 0.270 e. The van der Waals surface area contributed by atoms with E-state index >= 15 is 0 Å². The number of nitro benzene ring substituents is 1. The standard InChI is InChI=1S/C17H21N5O3/c23-22(24)14-5-3-4-13(10-14)17-18-11-21(19-17)12-20-8-9-25-16-7-2-1-6-15(16)20/h3-5,10-11,15-16H,1-2,6-9,12H2/t15-,16+/m0/s1. The van der Waals surface area contributed by atoms with Gasteiger partial charge in [0.15, 0.2) is 5.82 Å². The Hall–Kier alpha value is -2.32. The summed E-state index contributed by atoms with van der Waals surface area (Å²) in [5, 5.41) is 15.4. The van der Waals surface area contributed by atoms with Crippen LogP contribution in [-0.2, 0) is 11.4 Å². The van der Waals surface area contributed by atoms with Gasteiger partial charge in [0.25, 0.3) is 5.69 Å². The van der Waals surface area contributed by atoms with Gasteiger partial charge in [-0.2, -0.15) is 0 Å². The number of hydrogen-bond acceptors (Lipinski definition) is 6. The summed E-state index contributed by atoms with van der Waals surface area (Å²) in [6.45, 7) is 2.33. The van der Waals surface area contributed by atoms with Gasteiger partial charge in [0.05, 0.1) is 24.3 Å². The van der Waals surface area contributed by atoms with E-state index in [-0.39, 0.29) is 5.69 Å². The molecule has 0 radical (unpaired) electrons. The monoisotopic (exact) mass is 343 g/mol. The Bertz CT molecular complexity index is 760. The van der Waals surface area contributed by atoms with Crippen molar-refractivity contribution in [2.24, 2.45) is 0 Å². The minimum absolute atomic E-state index is 0.0482. The van der Waals surface area contributed by atoms with Gasteiger partial charge < -0.3 is 4.74 Å². The topological polar surface area (TPSA) is 86.3 Å². The van der Waals surface area contributed by atoms with Crippen LogP contribution in [0.25, 0.3) is 11.4 Å². The smallest absolute Gasteiger partial charge is 0.270 e. The van der Waals surface area contributed by atoms with Crippen molar-refractivity contribution >= 4 is 5.69 Å². The summed E-state index contributed by atoms with van der Waals surface area (Å²) in [6.07, 6.45) is 6.82. The lowest BCUT2D eigenvalue weighted by Crippen LogP contribution is -2.52. The number of nitro groups is 1. The Labute approximate surface area is 145 Å². The van der Waals surface area contributed by atoms with Gasteiger partial charge in [0.1, 0.15) is 6.33 Å². The van der Waals surface area contributed by atoms with E-state index in [1.807, 2.05) is 4.68 Å². The third-order valence-corrected chi connectivity index (χ3v) is 5.03. The number of non-ortho nitro benzene ring substituents is 1. The summed E-state index contributed by atoms with van der Waals surface area (Å²) in [5.74, 6) is 0.511. The van der Waals surface area contributed by atoms with Gasteiger partial charge in [0, 0.05) is 30.3 Å². The maximum absolute atomic E-state index is 10.9. The highest BCUT2D eigenvalue weighted by molar-refractivity contribution is 5.58. The fourth-order valence-corrected chi connectivity index (χ4v) is 3.79. The van der Waals surface area contributed by atoms with E-state index in [2.05, 4.69) is 15.0 Å². The van der Waals surface area contributed by atoms with Crippen LogP contribution in [0.3, 0.4) is 0 Å². The summed E-state index contributed by atoms with van der Waals surface area (Å²) < 4.78 is 7.72. The summed E-state index contributed by atoms with van der Waals surface area (Å²) >= 11 is 0. The molecular formula is C17H21N5O3. The van der Waals surface area contributed by atoms with Gasteiger partial charge in [-0.1, -0.05) is 25.0 Å².